The molecule has 0 saturated heterocycles. The normalized spacial score (nSPS) is 20.3. The van der Waals surface area contributed by atoms with Gasteiger partial charge in [0, 0.05) is 91.8 Å². The molecule has 5 aromatic rings. The number of carbonyl (C=O) groups is 3. The fraction of sp³-hybridized carbons (Fsp3) is 0.537. The van der Waals surface area contributed by atoms with Crippen molar-refractivity contribution in [3.8, 4) is 11.5 Å². The summed E-state index contributed by atoms with van der Waals surface area (Å²) >= 11 is 0. The largest absolute Gasteiger partial charge is 0.504 e. The minimum atomic E-state index is -0.950. The quantitative estimate of drug-likeness (QED) is 0.0240. The highest BCUT2D eigenvalue weighted by molar-refractivity contribution is 6.39. The second-order valence-corrected chi connectivity index (χ2v) is 19.2. The molecule has 0 aromatic heterocycles. The van der Waals surface area contributed by atoms with E-state index in [0.29, 0.717) is 175 Å². The number of aliphatic hydroxyl groups is 3. The van der Waals surface area contributed by atoms with Crippen LogP contribution in [0.25, 0.3) is 49.2 Å². The number of rotatable bonds is 24. The van der Waals surface area contributed by atoms with Gasteiger partial charge in [-0.05, 0) is 134 Å². The second-order valence-electron chi connectivity index (χ2n) is 19.2. The third-order valence-electron chi connectivity index (χ3n) is 14.9. The van der Waals surface area contributed by atoms with Crippen molar-refractivity contribution in [3.05, 3.63) is 66.0 Å². The molecule has 68 heavy (non-hydrogen) atoms. The summed E-state index contributed by atoms with van der Waals surface area (Å²) in [6.07, 6.45) is 8.60. The lowest BCUT2D eigenvalue weighted by atomic mass is 9.78. The topological polar surface area (TPSA) is 215 Å². The Kier molecular flexibility index (Phi) is 15.4. The van der Waals surface area contributed by atoms with Crippen LogP contribution in [-0.2, 0) is 48.2 Å². The number of carbonyl (C=O) groups excluding carboxylic acids is 3. The number of fused-ring (bicyclic) bond motifs is 1. The SMILES string of the molecule is COCCOCCCC(=O)C1CCC(Cc2c3c4c5c(c(OC)c(O)c6c(=O)cc(CO)c(c7c(CO)cc(NC8CCC(C(=O)CCCOCCCO)C8)c(c2=O)c74)c65)C(C(C)=O)C(C)=C3)C1. The zero-order chi connectivity index (χ0) is 48.4. The molecule has 364 valence electrons. The maximum atomic E-state index is 15.8. The van der Waals surface area contributed by atoms with Gasteiger partial charge >= 0.3 is 0 Å². The molecule has 3 aliphatic rings. The maximum Gasteiger partial charge on any atom is 0.192 e. The third kappa shape index (κ3) is 9.11. The predicted molar refractivity (Wildman–Crippen MR) is 261 cm³/mol. The number of benzene rings is 5. The van der Waals surface area contributed by atoms with Crippen LogP contribution < -0.4 is 20.9 Å². The zero-order valence-electron chi connectivity index (χ0n) is 39.7. The van der Waals surface area contributed by atoms with Gasteiger partial charge in [0.1, 0.15) is 17.3 Å². The maximum absolute atomic E-state index is 15.8. The van der Waals surface area contributed by atoms with Crippen LogP contribution in [0, 0.1) is 17.8 Å². The van der Waals surface area contributed by atoms with Gasteiger partial charge < -0.3 is 44.7 Å². The van der Waals surface area contributed by atoms with Gasteiger partial charge in [0.15, 0.2) is 22.4 Å². The predicted octanol–water partition coefficient (Wildman–Crippen LogP) is 6.98. The fourth-order valence-electron chi connectivity index (χ4n) is 11.9. The summed E-state index contributed by atoms with van der Waals surface area (Å²) in [5, 5.41) is 50.0. The van der Waals surface area contributed by atoms with Gasteiger partial charge in [-0.25, -0.2) is 0 Å². The molecule has 2 fully saturated rings. The Bertz CT molecular complexity index is 2870. The molecular weight excluding hydrogens is 871 g/mol. The van der Waals surface area contributed by atoms with Gasteiger partial charge in [0.25, 0.3) is 0 Å². The van der Waals surface area contributed by atoms with Crippen molar-refractivity contribution in [1.29, 1.82) is 0 Å². The monoisotopic (exact) mass is 935 g/mol. The Balaban J connectivity index is 1.32. The number of hydrogen-bond donors (Lipinski definition) is 5. The molecule has 5 aromatic carbocycles. The van der Waals surface area contributed by atoms with E-state index in [2.05, 4.69) is 5.32 Å². The Morgan fingerprint density at radius 2 is 1.35 bits per heavy atom. The number of aromatic hydroxyl groups is 1. The molecule has 14 heteroatoms. The first-order chi connectivity index (χ1) is 32.9. The summed E-state index contributed by atoms with van der Waals surface area (Å²) in [6.45, 7) is 4.57. The Hall–Kier alpha value is -5.09. The number of methoxy groups -OCH3 is 2. The van der Waals surface area contributed by atoms with Gasteiger partial charge in [-0.3, -0.25) is 24.0 Å². The summed E-state index contributed by atoms with van der Waals surface area (Å²) in [7, 11) is 2.99. The van der Waals surface area contributed by atoms with Gasteiger partial charge in [-0.1, -0.05) is 11.6 Å². The first-order valence-corrected chi connectivity index (χ1v) is 24.3. The minimum absolute atomic E-state index is 0.0238. The molecule has 5 N–H and O–H groups in total. The van der Waals surface area contributed by atoms with Crippen molar-refractivity contribution in [2.75, 3.05) is 59.2 Å². The molecule has 5 unspecified atom stereocenters. The number of ether oxygens (including phenoxy) is 4. The lowest BCUT2D eigenvalue weighted by Crippen LogP contribution is -2.22. The van der Waals surface area contributed by atoms with E-state index in [1.54, 1.807) is 13.2 Å². The Morgan fingerprint density at radius 1 is 0.721 bits per heavy atom. The third-order valence-corrected chi connectivity index (χ3v) is 14.9. The molecule has 0 spiro atoms. The number of Topliss-reactive ketones (excluding diaryl/α,β-unsaturated/α-hetero) is 3. The molecule has 5 atom stereocenters. The van der Waals surface area contributed by atoms with Crippen LogP contribution in [0.3, 0.4) is 0 Å². The number of hydrogen-bond acceptors (Lipinski definition) is 14. The van der Waals surface area contributed by atoms with Crippen molar-refractivity contribution < 1.29 is 53.8 Å². The number of allylic oxidation sites excluding steroid dienone is 1. The molecule has 2 saturated carbocycles. The van der Waals surface area contributed by atoms with Crippen LogP contribution in [0.1, 0.15) is 118 Å². The number of anilines is 1. The number of aliphatic hydroxyl groups excluding tert-OH is 3. The zero-order valence-corrected chi connectivity index (χ0v) is 39.7. The molecule has 0 radical (unpaired) electrons. The molecule has 14 nitrogen and oxygen atoms in total. The molecule has 0 bridgehead atoms. The van der Waals surface area contributed by atoms with Crippen LogP contribution >= 0.6 is 0 Å². The van der Waals surface area contributed by atoms with Gasteiger partial charge in [-0.2, -0.15) is 0 Å². The number of phenolic OH excluding ortho intramolecular Hbond substituents is 1. The van der Waals surface area contributed by atoms with E-state index in [9.17, 15) is 34.5 Å². The van der Waals surface area contributed by atoms with E-state index in [1.807, 2.05) is 13.0 Å². The van der Waals surface area contributed by atoms with E-state index in [-0.39, 0.29) is 69.9 Å². The molecule has 3 aliphatic carbocycles. The highest BCUT2D eigenvalue weighted by Crippen LogP contribution is 2.56. The highest BCUT2D eigenvalue weighted by atomic mass is 16.5. The first-order valence-electron chi connectivity index (χ1n) is 24.3. The average Bonchev–Trinajstić information content (AvgIpc) is 3.97. The van der Waals surface area contributed by atoms with Crippen LogP contribution in [0.2, 0.25) is 0 Å². The van der Waals surface area contributed by atoms with Crippen LogP contribution in [0.5, 0.6) is 11.5 Å². The average molecular weight is 936 g/mol. The molecule has 0 aliphatic heterocycles. The Morgan fingerprint density at radius 3 is 2.00 bits per heavy atom. The summed E-state index contributed by atoms with van der Waals surface area (Å²) in [5.74, 6) is -1.72. The summed E-state index contributed by atoms with van der Waals surface area (Å²) in [6, 6.07) is 2.85. The summed E-state index contributed by atoms with van der Waals surface area (Å²) < 4.78 is 22.2. The fourth-order valence-corrected chi connectivity index (χ4v) is 11.9. The van der Waals surface area contributed by atoms with E-state index in [4.69, 9.17) is 24.1 Å². The standard InChI is InChI=1S/C54H65NO13/c1-28-20-36-37(22-30-10-11-31(21-30)39(60)8-6-16-68-19-18-65-3)52(63)46-38(55-35-13-12-32(23-35)40(61)9-5-15-67-17-7-14-56)24-33(26-57)43-44-34(27-58)25-41(62)47-49(44)50(45(36)48(43)46)51(42(28)29(2)59)54(66-4)53(47)64/h20,24-25,30-32,35,42,55-58,64H,5-19,21-23,26-27H2,1-4H3. The van der Waals surface area contributed by atoms with Crippen molar-refractivity contribution in [2.45, 2.75) is 116 Å². The lowest BCUT2D eigenvalue weighted by molar-refractivity contribution is -0.123. The first kappa shape index (κ1) is 49.3. The van der Waals surface area contributed by atoms with Crippen LogP contribution in [0.15, 0.2) is 27.3 Å². The highest BCUT2D eigenvalue weighted by Gasteiger charge is 2.39. The molecule has 0 amide bonds. The number of phenols is 1. The van der Waals surface area contributed by atoms with E-state index in [1.165, 1.54) is 20.1 Å². The Labute approximate surface area is 395 Å². The summed E-state index contributed by atoms with van der Waals surface area (Å²) in [4.78, 5) is 71.0. The molecule has 0 heterocycles. The number of nitrogens with one attached hydrogen (secondary N) is 1. The van der Waals surface area contributed by atoms with E-state index >= 15 is 4.79 Å². The molecule has 8 rings (SSSR count). The van der Waals surface area contributed by atoms with E-state index in [0.717, 1.165) is 6.42 Å². The van der Waals surface area contributed by atoms with Crippen LogP contribution in [-0.4, -0.2) is 97.7 Å². The van der Waals surface area contributed by atoms with Crippen LogP contribution in [0.4, 0.5) is 5.69 Å². The second kappa shape index (κ2) is 21.3. The van der Waals surface area contributed by atoms with Gasteiger partial charge in [0.2, 0.25) is 0 Å². The smallest absolute Gasteiger partial charge is 0.192 e. The lowest BCUT2D eigenvalue weighted by Gasteiger charge is -2.27. The van der Waals surface area contributed by atoms with Crippen molar-refractivity contribution in [1.82, 2.24) is 0 Å². The van der Waals surface area contributed by atoms with Crippen molar-refractivity contribution >= 4 is 72.2 Å². The van der Waals surface area contributed by atoms with Crippen molar-refractivity contribution in [2.24, 2.45) is 17.8 Å². The van der Waals surface area contributed by atoms with Crippen molar-refractivity contribution in [3.63, 3.8) is 0 Å². The van der Waals surface area contributed by atoms with Gasteiger partial charge in [-0.15, -0.1) is 0 Å². The van der Waals surface area contributed by atoms with E-state index < -0.39 is 30.3 Å². The minimum Gasteiger partial charge on any atom is -0.504 e. The van der Waals surface area contributed by atoms with Gasteiger partial charge in [0.05, 0.1) is 50.2 Å². The number of ketones is 3. The molecular formula is C54H65NO13. The summed E-state index contributed by atoms with van der Waals surface area (Å²) in [5.41, 5.74) is 2.36.